The lowest BCUT2D eigenvalue weighted by molar-refractivity contribution is 0.399. The highest BCUT2D eigenvalue weighted by atomic mass is 19.1. The van der Waals surface area contributed by atoms with E-state index in [0.29, 0.717) is 23.6 Å². The van der Waals surface area contributed by atoms with Gasteiger partial charge in [0.05, 0.1) is 7.11 Å². The number of rotatable bonds is 3. The van der Waals surface area contributed by atoms with E-state index >= 15 is 0 Å². The summed E-state index contributed by atoms with van der Waals surface area (Å²) in [6.45, 7) is 0.371. The lowest BCUT2D eigenvalue weighted by Gasteiger charge is -2.09. The second-order valence-corrected chi connectivity index (χ2v) is 3.58. The molecule has 0 atom stereocenters. The minimum atomic E-state index is -0.312. The van der Waals surface area contributed by atoms with E-state index in [1.165, 1.54) is 13.2 Å². The molecule has 1 aromatic carbocycles. The van der Waals surface area contributed by atoms with E-state index < -0.39 is 0 Å². The third-order valence-corrected chi connectivity index (χ3v) is 2.52. The summed E-state index contributed by atoms with van der Waals surface area (Å²) < 4.78 is 18.9. The van der Waals surface area contributed by atoms with Crippen LogP contribution in [-0.4, -0.2) is 12.1 Å². The average molecular weight is 232 g/mol. The van der Waals surface area contributed by atoms with Crippen LogP contribution in [0, 0.1) is 5.82 Å². The van der Waals surface area contributed by atoms with Crippen LogP contribution in [0.1, 0.15) is 5.56 Å². The molecule has 4 heteroatoms. The predicted octanol–water partition coefficient (Wildman–Crippen LogP) is 2.36. The first kappa shape index (κ1) is 11.5. The molecule has 0 spiro atoms. The van der Waals surface area contributed by atoms with E-state index in [-0.39, 0.29) is 5.82 Å². The summed E-state index contributed by atoms with van der Waals surface area (Å²) in [4.78, 5) is 4.05. The Kier molecular flexibility index (Phi) is 3.35. The molecule has 0 amide bonds. The van der Waals surface area contributed by atoms with Crippen LogP contribution in [0.2, 0.25) is 0 Å². The van der Waals surface area contributed by atoms with Crippen molar-refractivity contribution in [1.29, 1.82) is 0 Å². The number of benzene rings is 1. The Morgan fingerprint density at radius 1 is 1.29 bits per heavy atom. The van der Waals surface area contributed by atoms with E-state index in [0.717, 1.165) is 5.56 Å². The maximum Gasteiger partial charge on any atom is 0.221 e. The fourth-order valence-corrected chi connectivity index (χ4v) is 1.66. The highest BCUT2D eigenvalue weighted by Crippen LogP contribution is 2.30. The van der Waals surface area contributed by atoms with Crippen LogP contribution < -0.4 is 10.5 Å². The van der Waals surface area contributed by atoms with Crippen molar-refractivity contribution in [3.8, 4) is 17.0 Å². The smallest absolute Gasteiger partial charge is 0.221 e. The number of nitrogens with two attached hydrogens (primary N) is 1. The number of halogens is 1. The summed E-state index contributed by atoms with van der Waals surface area (Å²) in [5, 5.41) is 0. The molecule has 0 fully saturated rings. The van der Waals surface area contributed by atoms with Gasteiger partial charge in [-0.05, 0) is 29.8 Å². The summed E-state index contributed by atoms with van der Waals surface area (Å²) >= 11 is 0. The molecule has 17 heavy (non-hydrogen) atoms. The van der Waals surface area contributed by atoms with Crippen molar-refractivity contribution < 1.29 is 9.13 Å². The zero-order valence-corrected chi connectivity index (χ0v) is 9.48. The molecule has 0 aliphatic rings. The Balaban J connectivity index is 2.59. The minimum absolute atomic E-state index is 0.312. The van der Waals surface area contributed by atoms with E-state index in [2.05, 4.69) is 4.98 Å². The van der Waals surface area contributed by atoms with Crippen LogP contribution >= 0.6 is 0 Å². The molecule has 0 radical (unpaired) electrons. The van der Waals surface area contributed by atoms with Gasteiger partial charge in [-0.25, -0.2) is 9.37 Å². The van der Waals surface area contributed by atoms with Gasteiger partial charge in [-0.3, -0.25) is 0 Å². The molecule has 0 saturated heterocycles. The lowest BCUT2D eigenvalue weighted by atomic mass is 10.0. The number of methoxy groups -OCH3 is 1. The van der Waals surface area contributed by atoms with Crippen LogP contribution in [0.3, 0.4) is 0 Å². The van der Waals surface area contributed by atoms with E-state index in [9.17, 15) is 4.39 Å². The van der Waals surface area contributed by atoms with Crippen LogP contribution in [0.5, 0.6) is 5.88 Å². The summed E-state index contributed by atoms with van der Waals surface area (Å²) in [5.74, 6) is 0.0917. The highest BCUT2D eigenvalue weighted by molar-refractivity contribution is 5.69. The van der Waals surface area contributed by atoms with Gasteiger partial charge in [0.2, 0.25) is 5.88 Å². The Bertz CT molecular complexity index is 529. The molecular weight excluding hydrogens is 219 g/mol. The van der Waals surface area contributed by atoms with Gasteiger partial charge in [0.1, 0.15) is 5.82 Å². The Morgan fingerprint density at radius 3 is 2.82 bits per heavy atom. The van der Waals surface area contributed by atoms with Crippen molar-refractivity contribution in [3.05, 3.63) is 47.9 Å². The first-order chi connectivity index (χ1) is 8.26. The molecule has 88 valence electrons. The van der Waals surface area contributed by atoms with E-state index in [1.807, 2.05) is 0 Å². The number of hydrogen-bond donors (Lipinski definition) is 1. The molecule has 1 heterocycles. The van der Waals surface area contributed by atoms with Gasteiger partial charge in [0, 0.05) is 23.9 Å². The first-order valence-corrected chi connectivity index (χ1v) is 5.24. The molecule has 2 rings (SSSR count). The Labute approximate surface area is 99.1 Å². The van der Waals surface area contributed by atoms with Gasteiger partial charge in [-0.1, -0.05) is 6.07 Å². The topological polar surface area (TPSA) is 48.1 Å². The molecule has 2 N–H and O–H groups in total. The van der Waals surface area contributed by atoms with Gasteiger partial charge >= 0.3 is 0 Å². The molecule has 2 aromatic rings. The number of ether oxygens (including phenoxy) is 1. The van der Waals surface area contributed by atoms with E-state index in [4.69, 9.17) is 10.5 Å². The van der Waals surface area contributed by atoms with Crippen LogP contribution in [0.15, 0.2) is 36.5 Å². The van der Waals surface area contributed by atoms with Crippen molar-refractivity contribution in [2.45, 2.75) is 6.54 Å². The molecule has 0 aliphatic heterocycles. The highest BCUT2D eigenvalue weighted by Gasteiger charge is 2.11. The van der Waals surface area contributed by atoms with Gasteiger partial charge < -0.3 is 10.5 Å². The second kappa shape index (κ2) is 4.93. The van der Waals surface area contributed by atoms with Crippen molar-refractivity contribution in [3.63, 3.8) is 0 Å². The van der Waals surface area contributed by atoms with Gasteiger partial charge in [-0.2, -0.15) is 0 Å². The predicted molar refractivity (Wildman–Crippen MR) is 64.1 cm³/mol. The zero-order chi connectivity index (χ0) is 12.3. The average Bonchev–Trinajstić information content (AvgIpc) is 2.39. The molecule has 0 unspecified atom stereocenters. The fourth-order valence-electron chi connectivity index (χ4n) is 1.66. The number of nitrogens with zero attached hydrogens (tertiary/aromatic N) is 1. The lowest BCUT2D eigenvalue weighted by Crippen LogP contribution is -1.98. The monoisotopic (exact) mass is 232 g/mol. The van der Waals surface area contributed by atoms with Crippen molar-refractivity contribution >= 4 is 0 Å². The molecular formula is C13H13FN2O. The van der Waals surface area contributed by atoms with Crippen LogP contribution in [-0.2, 0) is 6.54 Å². The van der Waals surface area contributed by atoms with Crippen molar-refractivity contribution in [2.24, 2.45) is 5.73 Å². The maximum atomic E-state index is 13.8. The summed E-state index contributed by atoms with van der Waals surface area (Å²) in [7, 11) is 1.51. The second-order valence-electron chi connectivity index (χ2n) is 3.58. The van der Waals surface area contributed by atoms with E-state index in [1.54, 1.807) is 30.5 Å². The molecule has 1 aromatic heterocycles. The van der Waals surface area contributed by atoms with Gasteiger partial charge in [0.15, 0.2) is 0 Å². The summed E-state index contributed by atoms with van der Waals surface area (Å²) in [5.41, 5.74) is 7.50. The van der Waals surface area contributed by atoms with Gasteiger partial charge in [-0.15, -0.1) is 0 Å². The third-order valence-electron chi connectivity index (χ3n) is 2.52. The number of hydrogen-bond acceptors (Lipinski definition) is 3. The summed E-state index contributed by atoms with van der Waals surface area (Å²) in [6, 6.07) is 8.30. The maximum absolute atomic E-state index is 13.8. The Hall–Kier alpha value is -1.94. The standard InChI is InChI=1S/C13H13FN2O/c1-17-13-10(3-2-6-16-13)11-7-9(8-15)4-5-12(11)14/h2-7H,8,15H2,1H3. The number of aromatic nitrogens is 1. The third kappa shape index (κ3) is 2.26. The quantitative estimate of drug-likeness (QED) is 0.883. The summed E-state index contributed by atoms with van der Waals surface area (Å²) in [6.07, 6.45) is 1.60. The normalized spacial score (nSPS) is 10.3. The fraction of sp³-hybridized carbons (Fsp3) is 0.154. The molecule has 3 nitrogen and oxygen atoms in total. The molecule has 0 aliphatic carbocycles. The van der Waals surface area contributed by atoms with Crippen LogP contribution in [0.4, 0.5) is 4.39 Å². The minimum Gasteiger partial charge on any atom is -0.481 e. The molecule has 0 saturated carbocycles. The largest absolute Gasteiger partial charge is 0.481 e. The Morgan fingerprint density at radius 2 is 2.12 bits per heavy atom. The van der Waals surface area contributed by atoms with Crippen LogP contribution in [0.25, 0.3) is 11.1 Å². The van der Waals surface area contributed by atoms with Crippen molar-refractivity contribution in [1.82, 2.24) is 4.98 Å². The van der Waals surface area contributed by atoms with Gasteiger partial charge in [0.25, 0.3) is 0 Å². The number of pyridine rings is 1. The first-order valence-electron chi connectivity index (χ1n) is 5.24. The van der Waals surface area contributed by atoms with Crippen molar-refractivity contribution in [2.75, 3.05) is 7.11 Å². The molecule has 0 bridgehead atoms. The SMILES string of the molecule is COc1ncccc1-c1cc(CN)ccc1F. The zero-order valence-electron chi connectivity index (χ0n) is 9.48.